The number of rotatable bonds is 7. The fourth-order valence-electron chi connectivity index (χ4n) is 3.15. The molecular formula is C22H24N2O4. The number of carbonyl (C=O) groups is 2. The van der Waals surface area contributed by atoms with Crippen LogP contribution in [0.1, 0.15) is 31.0 Å². The van der Waals surface area contributed by atoms with E-state index in [9.17, 15) is 9.59 Å². The lowest BCUT2D eigenvalue weighted by atomic mass is 9.95. The van der Waals surface area contributed by atoms with Crippen molar-refractivity contribution in [1.29, 1.82) is 0 Å². The Hall–Kier alpha value is -3.28. The van der Waals surface area contributed by atoms with E-state index in [1.54, 1.807) is 6.92 Å². The molecule has 0 bridgehead atoms. The van der Waals surface area contributed by atoms with Crippen LogP contribution in [0.5, 0.6) is 5.75 Å². The van der Waals surface area contributed by atoms with Gasteiger partial charge in [0, 0.05) is 12.1 Å². The van der Waals surface area contributed by atoms with Crippen molar-refractivity contribution in [2.75, 3.05) is 13.2 Å². The molecule has 28 heavy (non-hydrogen) atoms. The monoisotopic (exact) mass is 380 g/mol. The summed E-state index contributed by atoms with van der Waals surface area (Å²) in [6, 6.07) is 16.2. The van der Waals surface area contributed by atoms with Crippen LogP contribution in [0, 0.1) is 0 Å². The van der Waals surface area contributed by atoms with Gasteiger partial charge in [0.1, 0.15) is 5.75 Å². The van der Waals surface area contributed by atoms with Crippen molar-refractivity contribution >= 4 is 12.0 Å². The number of esters is 1. The molecule has 0 saturated carbocycles. The fraction of sp³-hybridized carbons (Fsp3) is 0.273. The maximum Gasteiger partial charge on any atom is 0.338 e. The summed E-state index contributed by atoms with van der Waals surface area (Å²) in [6.45, 7) is 4.40. The minimum atomic E-state index is -0.599. The number of urea groups is 1. The third-order valence-corrected chi connectivity index (χ3v) is 4.46. The second-order valence-corrected chi connectivity index (χ2v) is 6.45. The second kappa shape index (κ2) is 9.08. The van der Waals surface area contributed by atoms with E-state index in [-0.39, 0.29) is 12.6 Å². The summed E-state index contributed by atoms with van der Waals surface area (Å²) in [5.74, 6) is 0.231. The fourth-order valence-corrected chi connectivity index (χ4v) is 3.15. The number of ether oxygens (including phenoxy) is 2. The Labute approximate surface area is 164 Å². The molecule has 0 fully saturated rings. The molecule has 2 aromatic rings. The third kappa shape index (κ3) is 4.71. The van der Waals surface area contributed by atoms with Crippen molar-refractivity contribution in [3.8, 4) is 5.75 Å². The molecule has 0 radical (unpaired) electrons. The highest BCUT2D eigenvalue weighted by Gasteiger charge is 2.32. The van der Waals surface area contributed by atoms with Crippen molar-refractivity contribution in [3.63, 3.8) is 0 Å². The van der Waals surface area contributed by atoms with Gasteiger partial charge >= 0.3 is 12.0 Å². The topological polar surface area (TPSA) is 76.7 Å². The first-order chi connectivity index (χ1) is 13.6. The second-order valence-electron chi connectivity index (χ2n) is 6.45. The molecule has 0 spiro atoms. The van der Waals surface area contributed by atoms with Gasteiger partial charge in [-0.25, -0.2) is 9.59 Å². The Kier molecular flexibility index (Phi) is 6.32. The first-order valence-electron chi connectivity index (χ1n) is 9.30. The average Bonchev–Trinajstić information content (AvgIpc) is 2.68. The highest BCUT2D eigenvalue weighted by molar-refractivity contribution is 5.95. The van der Waals surface area contributed by atoms with Gasteiger partial charge < -0.3 is 20.1 Å². The zero-order valence-corrected chi connectivity index (χ0v) is 16.0. The lowest BCUT2D eigenvalue weighted by Crippen LogP contribution is -2.45. The van der Waals surface area contributed by atoms with Gasteiger partial charge in [0.15, 0.2) is 0 Å². The Balaban J connectivity index is 1.77. The van der Waals surface area contributed by atoms with Gasteiger partial charge in [-0.1, -0.05) is 42.5 Å². The van der Waals surface area contributed by atoms with Crippen molar-refractivity contribution in [3.05, 3.63) is 77.0 Å². The van der Waals surface area contributed by atoms with Gasteiger partial charge in [-0.15, -0.1) is 0 Å². The zero-order valence-electron chi connectivity index (χ0n) is 16.0. The van der Waals surface area contributed by atoms with E-state index in [1.165, 1.54) is 0 Å². The van der Waals surface area contributed by atoms with E-state index >= 15 is 0 Å². The predicted molar refractivity (Wildman–Crippen MR) is 106 cm³/mol. The molecule has 1 heterocycles. The molecule has 1 unspecified atom stereocenters. The van der Waals surface area contributed by atoms with E-state index in [1.807, 2.05) is 61.5 Å². The van der Waals surface area contributed by atoms with Crippen molar-refractivity contribution < 1.29 is 19.1 Å². The maximum atomic E-state index is 12.8. The molecule has 2 aromatic carbocycles. The van der Waals surface area contributed by atoms with Crippen LogP contribution in [-0.4, -0.2) is 25.2 Å². The first-order valence-corrected chi connectivity index (χ1v) is 9.30. The Bertz CT molecular complexity index is 877. The normalized spacial score (nSPS) is 16.2. The molecule has 2 amide bonds. The average molecular weight is 380 g/mol. The Morgan fingerprint density at radius 1 is 1.11 bits per heavy atom. The predicted octanol–water partition coefficient (Wildman–Crippen LogP) is 3.50. The SMILES string of the molecule is CCOc1cccc(C2NC(=O)NC(C)=C2C(=O)OCCc2ccccc2)c1. The van der Waals surface area contributed by atoms with Gasteiger partial charge in [-0.2, -0.15) is 0 Å². The van der Waals surface area contributed by atoms with Gasteiger partial charge in [-0.3, -0.25) is 0 Å². The first kappa shape index (κ1) is 19.5. The molecule has 0 aromatic heterocycles. The zero-order chi connectivity index (χ0) is 19.9. The quantitative estimate of drug-likeness (QED) is 0.721. The van der Waals surface area contributed by atoms with E-state index in [0.29, 0.717) is 30.0 Å². The standard InChI is InChI=1S/C22H24N2O4/c1-3-27-18-11-7-10-17(14-18)20-19(15(2)23-22(26)24-20)21(25)28-13-12-16-8-5-4-6-9-16/h4-11,14,20H,3,12-13H2,1-2H3,(H2,23,24,26). The number of hydrogen-bond acceptors (Lipinski definition) is 4. The molecule has 1 aliphatic rings. The molecular weight excluding hydrogens is 356 g/mol. The molecule has 1 aliphatic heterocycles. The molecule has 6 nitrogen and oxygen atoms in total. The highest BCUT2D eigenvalue weighted by Crippen LogP contribution is 2.29. The number of nitrogens with one attached hydrogen (secondary N) is 2. The Morgan fingerprint density at radius 2 is 1.89 bits per heavy atom. The summed E-state index contributed by atoms with van der Waals surface area (Å²) in [4.78, 5) is 24.8. The molecule has 6 heteroatoms. The minimum Gasteiger partial charge on any atom is -0.494 e. The summed E-state index contributed by atoms with van der Waals surface area (Å²) in [7, 11) is 0. The van der Waals surface area contributed by atoms with E-state index in [4.69, 9.17) is 9.47 Å². The summed E-state index contributed by atoms with van der Waals surface area (Å²) >= 11 is 0. The summed E-state index contributed by atoms with van der Waals surface area (Å²) in [5.41, 5.74) is 2.73. The summed E-state index contributed by atoms with van der Waals surface area (Å²) in [6.07, 6.45) is 0.628. The van der Waals surface area contributed by atoms with Gasteiger partial charge in [0.2, 0.25) is 0 Å². The van der Waals surface area contributed by atoms with Crippen molar-refractivity contribution in [2.45, 2.75) is 26.3 Å². The largest absolute Gasteiger partial charge is 0.494 e. The smallest absolute Gasteiger partial charge is 0.338 e. The third-order valence-electron chi connectivity index (χ3n) is 4.46. The van der Waals surface area contributed by atoms with Crippen LogP contribution in [0.25, 0.3) is 0 Å². The van der Waals surface area contributed by atoms with Crippen LogP contribution in [0.4, 0.5) is 4.79 Å². The lowest BCUT2D eigenvalue weighted by Gasteiger charge is -2.28. The minimum absolute atomic E-state index is 0.263. The van der Waals surface area contributed by atoms with E-state index in [2.05, 4.69) is 10.6 Å². The number of carbonyl (C=O) groups excluding carboxylic acids is 2. The van der Waals surface area contributed by atoms with Gasteiger partial charge in [0.05, 0.1) is 24.8 Å². The van der Waals surface area contributed by atoms with Gasteiger partial charge in [-0.05, 0) is 37.1 Å². The molecule has 0 saturated heterocycles. The highest BCUT2D eigenvalue weighted by atomic mass is 16.5. The maximum absolute atomic E-state index is 12.8. The van der Waals surface area contributed by atoms with E-state index in [0.717, 1.165) is 11.1 Å². The summed E-state index contributed by atoms with van der Waals surface area (Å²) in [5, 5.41) is 5.46. The van der Waals surface area contributed by atoms with Crippen LogP contribution in [0.15, 0.2) is 65.9 Å². The molecule has 2 N–H and O–H groups in total. The number of allylic oxidation sites excluding steroid dienone is 1. The van der Waals surface area contributed by atoms with Crippen LogP contribution in [-0.2, 0) is 16.0 Å². The number of amides is 2. The van der Waals surface area contributed by atoms with Crippen LogP contribution in [0.3, 0.4) is 0 Å². The van der Waals surface area contributed by atoms with Crippen molar-refractivity contribution in [2.24, 2.45) is 0 Å². The molecule has 0 aliphatic carbocycles. The van der Waals surface area contributed by atoms with Gasteiger partial charge in [0.25, 0.3) is 0 Å². The van der Waals surface area contributed by atoms with Crippen LogP contribution < -0.4 is 15.4 Å². The number of benzene rings is 2. The Morgan fingerprint density at radius 3 is 2.64 bits per heavy atom. The molecule has 146 valence electrons. The lowest BCUT2D eigenvalue weighted by molar-refractivity contribution is -0.139. The van der Waals surface area contributed by atoms with Crippen LogP contribution >= 0.6 is 0 Å². The molecule has 1 atom stereocenters. The summed E-state index contributed by atoms with van der Waals surface area (Å²) < 4.78 is 11.0. The number of hydrogen-bond donors (Lipinski definition) is 2. The van der Waals surface area contributed by atoms with E-state index < -0.39 is 12.0 Å². The van der Waals surface area contributed by atoms with Crippen molar-refractivity contribution in [1.82, 2.24) is 10.6 Å². The van der Waals surface area contributed by atoms with Crippen LogP contribution in [0.2, 0.25) is 0 Å². The molecule has 3 rings (SSSR count).